The van der Waals surface area contributed by atoms with Crippen LogP contribution in [0.3, 0.4) is 0 Å². The van der Waals surface area contributed by atoms with Gasteiger partial charge in [0.2, 0.25) is 0 Å². The third kappa shape index (κ3) is 57.7. The number of allylic oxidation sites excluding steroid dienone is 20. The van der Waals surface area contributed by atoms with E-state index in [2.05, 4.69) is 135 Å². The van der Waals surface area contributed by atoms with Crippen molar-refractivity contribution in [2.24, 2.45) is 0 Å². The molecule has 0 N–H and O–H groups in total. The van der Waals surface area contributed by atoms with Gasteiger partial charge in [0.1, 0.15) is 19.8 Å². The number of quaternary nitrogens is 1. The molecule has 0 aliphatic heterocycles. The Morgan fingerprint density at radius 1 is 0.432 bits per heavy atom. The topological polar surface area (TPSA) is 111 Å². The molecule has 0 aliphatic carbocycles. The van der Waals surface area contributed by atoms with Crippen molar-refractivity contribution in [2.45, 2.75) is 225 Å². The first-order valence-corrected chi connectivity index (χ1v) is 30.7. The lowest BCUT2D eigenvalue weighted by Crippen LogP contribution is -2.37. The highest BCUT2D eigenvalue weighted by Crippen LogP contribution is 2.38. The number of ether oxygens (including phenoxy) is 2. The third-order valence-corrected chi connectivity index (χ3v) is 12.9. The van der Waals surface area contributed by atoms with Gasteiger partial charge in [-0.1, -0.05) is 225 Å². The van der Waals surface area contributed by atoms with Crippen molar-refractivity contribution in [1.82, 2.24) is 0 Å². The van der Waals surface area contributed by atoms with Gasteiger partial charge < -0.3 is 27.9 Å². The van der Waals surface area contributed by atoms with Crippen LogP contribution in [-0.4, -0.2) is 70.0 Å². The molecule has 0 saturated heterocycles. The number of phosphoric acid groups is 1. The smallest absolute Gasteiger partial charge is 0.306 e. The molecule has 2 atom stereocenters. The van der Waals surface area contributed by atoms with E-state index >= 15 is 0 Å². The van der Waals surface area contributed by atoms with Crippen molar-refractivity contribution in [1.29, 1.82) is 0 Å². The fourth-order valence-corrected chi connectivity index (χ4v) is 8.18. The minimum absolute atomic E-state index is 0.0375. The number of hydrogen-bond acceptors (Lipinski definition) is 8. The van der Waals surface area contributed by atoms with Crippen LogP contribution in [0, 0.1) is 0 Å². The van der Waals surface area contributed by atoms with E-state index in [4.69, 9.17) is 18.5 Å². The second-order valence-electron chi connectivity index (χ2n) is 20.3. The summed E-state index contributed by atoms with van der Waals surface area (Å²) in [5, 5.41) is 0. The molecule has 0 aromatic heterocycles. The second-order valence-corrected chi connectivity index (χ2v) is 21.7. The van der Waals surface area contributed by atoms with E-state index in [1.165, 1.54) is 57.8 Å². The lowest BCUT2D eigenvalue weighted by molar-refractivity contribution is -0.870. The van der Waals surface area contributed by atoms with Crippen LogP contribution >= 0.6 is 7.82 Å². The first-order chi connectivity index (χ1) is 36.0. The van der Waals surface area contributed by atoms with Crippen molar-refractivity contribution >= 4 is 19.8 Å². The first kappa shape index (κ1) is 70.4. The number of nitrogens with zero attached hydrogens (tertiary/aromatic N) is 1. The van der Waals surface area contributed by atoms with Gasteiger partial charge in [-0.15, -0.1) is 0 Å². The molecule has 10 heteroatoms. The molecule has 74 heavy (non-hydrogen) atoms. The molecule has 0 aliphatic rings. The molecule has 9 nitrogen and oxygen atoms in total. The van der Waals surface area contributed by atoms with Crippen LogP contribution in [0.4, 0.5) is 0 Å². The molecule has 0 rings (SSSR count). The summed E-state index contributed by atoms with van der Waals surface area (Å²) >= 11 is 0. The van der Waals surface area contributed by atoms with Crippen LogP contribution in [0.1, 0.15) is 219 Å². The number of esters is 2. The van der Waals surface area contributed by atoms with E-state index in [1.54, 1.807) is 0 Å². The number of carbonyl (C=O) groups is 2. The lowest BCUT2D eigenvalue weighted by atomic mass is 10.0. The number of unbranched alkanes of at least 4 members (excludes halogenated alkanes) is 18. The summed E-state index contributed by atoms with van der Waals surface area (Å²) in [6, 6.07) is 0. The van der Waals surface area contributed by atoms with Crippen LogP contribution in [0.25, 0.3) is 0 Å². The molecular formula is C64H108NO8P. The molecule has 0 amide bonds. The van der Waals surface area contributed by atoms with Gasteiger partial charge in [-0.3, -0.25) is 14.2 Å². The SMILES string of the molecule is CC/C=C\C/C=C\C/C=C\C/C=C\C/C=C\C/C=C\C/C=C\C/C=C\C/C=C\CCCCCCCCCCCCCC(=O)OC(COC(=O)CCCCCCC/C=C\CCCC)COP(=O)([O-])OCC[N+](C)(C)C. The van der Waals surface area contributed by atoms with Gasteiger partial charge in [-0.25, -0.2) is 0 Å². The molecule has 0 aromatic carbocycles. The van der Waals surface area contributed by atoms with Gasteiger partial charge in [0.25, 0.3) is 7.82 Å². The molecule has 0 bridgehead atoms. The van der Waals surface area contributed by atoms with E-state index in [1.807, 2.05) is 21.1 Å². The Bertz CT molecular complexity index is 1660. The molecular weight excluding hydrogens is 942 g/mol. The van der Waals surface area contributed by atoms with Gasteiger partial charge in [0.15, 0.2) is 6.10 Å². The highest BCUT2D eigenvalue weighted by Gasteiger charge is 2.21. The maximum atomic E-state index is 12.8. The summed E-state index contributed by atoms with van der Waals surface area (Å²) in [4.78, 5) is 37.7. The summed E-state index contributed by atoms with van der Waals surface area (Å²) in [6.45, 7) is 4.05. The normalized spacial score (nSPS) is 14.2. The van der Waals surface area contributed by atoms with Gasteiger partial charge >= 0.3 is 11.9 Å². The molecule has 0 aromatic rings. The Morgan fingerprint density at radius 2 is 0.770 bits per heavy atom. The van der Waals surface area contributed by atoms with E-state index in [9.17, 15) is 19.0 Å². The average Bonchev–Trinajstić information content (AvgIpc) is 3.36. The Hall–Kier alpha value is -3.59. The number of likely N-dealkylation sites (N-methyl/N-ethyl adjacent to an activating group) is 1. The summed E-state index contributed by atoms with van der Waals surface area (Å²) in [5.41, 5.74) is 0. The summed E-state index contributed by atoms with van der Waals surface area (Å²) in [6.07, 6.45) is 76.9. The Morgan fingerprint density at radius 3 is 1.16 bits per heavy atom. The summed E-state index contributed by atoms with van der Waals surface area (Å²) < 4.78 is 34.0. The van der Waals surface area contributed by atoms with Crippen molar-refractivity contribution in [3.63, 3.8) is 0 Å². The maximum absolute atomic E-state index is 12.8. The first-order valence-electron chi connectivity index (χ1n) is 29.2. The predicted molar refractivity (Wildman–Crippen MR) is 314 cm³/mol. The highest BCUT2D eigenvalue weighted by atomic mass is 31.2. The molecule has 0 spiro atoms. The fraction of sp³-hybridized carbons (Fsp3) is 0.656. The number of hydrogen-bond donors (Lipinski definition) is 0. The van der Waals surface area contributed by atoms with Crippen molar-refractivity contribution < 1.29 is 42.1 Å². The fourth-order valence-electron chi connectivity index (χ4n) is 7.45. The van der Waals surface area contributed by atoms with E-state index < -0.39 is 32.5 Å². The average molecular weight is 1050 g/mol. The molecule has 422 valence electrons. The predicted octanol–water partition coefficient (Wildman–Crippen LogP) is 17.7. The zero-order chi connectivity index (χ0) is 54.2. The Kier molecular flexibility index (Phi) is 51.6. The van der Waals surface area contributed by atoms with Gasteiger partial charge in [-0.2, -0.15) is 0 Å². The minimum Gasteiger partial charge on any atom is -0.756 e. The van der Waals surface area contributed by atoms with Gasteiger partial charge in [0.05, 0.1) is 27.7 Å². The Labute approximate surface area is 454 Å². The van der Waals surface area contributed by atoms with Gasteiger partial charge in [-0.05, 0) is 103 Å². The molecule has 2 unspecified atom stereocenters. The van der Waals surface area contributed by atoms with Crippen molar-refractivity contribution in [3.05, 3.63) is 122 Å². The lowest BCUT2D eigenvalue weighted by Gasteiger charge is -2.28. The molecule has 0 fully saturated rings. The van der Waals surface area contributed by atoms with E-state index in [0.717, 1.165) is 122 Å². The van der Waals surface area contributed by atoms with Crippen LogP contribution in [0.2, 0.25) is 0 Å². The second kappa shape index (κ2) is 54.2. The van der Waals surface area contributed by atoms with Crippen LogP contribution < -0.4 is 4.89 Å². The van der Waals surface area contributed by atoms with Crippen molar-refractivity contribution in [3.8, 4) is 0 Å². The summed E-state index contributed by atoms with van der Waals surface area (Å²) in [5.74, 6) is -0.855. The van der Waals surface area contributed by atoms with E-state index in [-0.39, 0.29) is 26.1 Å². The van der Waals surface area contributed by atoms with Crippen LogP contribution in [0.15, 0.2) is 122 Å². The van der Waals surface area contributed by atoms with E-state index in [0.29, 0.717) is 23.9 Å². The Balaban J connectivity index is 4.05. The standard InChI is InChI=1S/C64H108NO8P/c1-6-8-10-12-14-16-18-19-20-21-22-23-24-25-26-27-28-29-30-31-32-33-34-35-36-37-38-39-40-41-42-43-44-45-47-49-51-53-55-57-64(67)73-62(61-72-74(68,69)71-59-58-65(3,4)5)60-70-63(66)56-54-52-50-48-46-17-15-13-11-9-7-2/h8,10,13-16,19-20,22-23,25-26,28-29,31-32,34-35,37-38,62H,6-7,9,11-12,17-18,21,24,27,30,33,36,39-61H2,1-5H3/b10-8-,15-13-,16-14-,20-19-,23-22-,26-25-,29-28-,32-31-,35-34-,38-37-. The largest absolute Gasteiger partial charge is 0.756 e. The van der Waals surface area contributed by atoms with Crippen LogP contribution in [0.5, 0.6) is 0 Å². The van der Waals surface area contributed by atoms with Gasteiger partial charge in [0, 0.05) is 12.8 Å². The van der Waals surface area contributed by atoms with Crippen LogP contribution in [-0.2, 0) is 32.7 Å². The quantitative estimate of drug-likeness (QED) is 0.0195. The zero-order valence-corrected chi connectivity index (χ0v) is 48.6. The minimum atomic E-state index is -4.64. The monoisotopic (exact) mass is 1050 g/mol. The third-order valence-electron chi connectivity index (χ3n) is 12.0. The zero-order valence-electron chi connectivity index (χ0n) is 47.7. The molecule has 0 radical (unpaired) electrons. The molecule has 0 heterocycles. The summed E-state index contributed by atoms with van der Waals surface area (Å²) in [7, 11) is 1.15. The maximum Gasteiger partial charge on any atom is 0.306 e. The number of rotatable bonds is 52. The number of phosphoric ester groups is 1. The number of carbonyl (C=O) groups excluding carboxylic acids is 2. The molecule has 0 saturated carbocycles. The van der Waals surface area contributed by atoms with Crippen molar-refractivity contribution in [2.75, 3.05) is 47.5 Å². The highest BCUT2D eigenvalue weighted by molar-refractivity contribution is 7.45.